The summed E-state index contributed by atoms with van der Waals surface area (Å²) in [5.74, 6) is 1.02. The first kappa shape index (κ1) is 17.9. The zero-order valence-corrected chi connectivity index (χ0v) is 14.8. The average Bonchev–Trinajstić information content (AvgIpc) is 2.54. The number of hydrogen-bond donors (Lipinski definition) is 1. The van der Waals surface area contributed by atoms with Gasteiger partial charge >= 0.3 is 0 Å². The number of nitrogens with zero attached hydrogens (tertiary/aromatic N) is 1. The molecule has 0 spiro atoms. The summed E-state index contributed by atoms with van der Waals surface area (Å²) in [5.41, 5.74) is 0.538. The van der Waals surface area contributed by atoms with Crippen molar-refractivity contribution in [3.8, 4) is 11.5 Å². The van der Waals surface area contributed by atoms with Crippen LogP contribution in [0.4, 0.5) is 0 Å². The van der Waals surface area contributed by atoms with Crippen molar-refractivity contribution >= 4 is 17.5 Å². The molecule has 2 rings (SSSR count). The minimum absolute atomic E-state index is 0.0242. The largest absolute Gasteiger partial charge is 0.490 e. The third-order valence-corrected chi connectivity index (χ3v) is 4.05. The van der Waals surface area contributed by atoms with E-state index < -0.39 is 0 Å². The molecule has 1 N–H and O–H groups in total. The Kier molecular flexibility index (Phi) is 6.54. The first-order valence-corrected chi connectivity index (χ1v) is 8.57. The van der Waals surface area contributed by atoms with Crippen LogP contribution in [0.25, 0.3) is 0 Å². The summed E-state index contributed by atoms with van der Waals surface area (Å²) in [7, 11) is 0. The quantitative estimate of drug-likeness (QED) is 0.865. The van der Waals surface area contributed by atoms with Gasteiger partial charge in [-0.2, -0.15) is 0 Å². The molecule has 1 atom stereocenters. The standard InChI is InChI=1S/C17H25ClN2O3/c1-4-8-23-16-14(18)9-13(10-15(16)22-5-2)17(21)20-7-6-19-11-12(20)3/h9-10,12,19H,4-8,11H2,1-3H3/t12-/m1/s1. The molecule has 0 unspecified atom stereocenters. The van der Waals surface area contributed by atoms with Crippen LogP contribution in [0.3, 0.4) is 0 Å². The van der Waals surface area contributed by atoms with Gasteiger partial charge in [-0.3, -0.25) is 4.79 Å². The molecular formula is C17H25ClN2O3. The van der Waals surface area contributed by atoms with Crippen LogP contribution in [0.15, 0.2) is 12.1 Å². The maximum Gasteiger partial charge on any atom is 0.254 e. The highest BCUT2D eigenvalue weighted by molar-refractivity contribution is 6.32. The maximum atomic E-state index is 12.8. The van der Waals surface area contributed by atoms with Crippen LogP contribution in [-0.4, -0.2) is 49.7 Å². The van der Waals surface area contributed by atoms with Crippen LogP contribution in [0.5, 0.6) is 11.5 Å². The van der Waals surface area contributed by atoms with Crippen LogP contribution in [-0.2, 0) is 0 Å². The highest BCUT2D eigenvalue weighted by Crippen LogP contribution is 2.37. The number of hydrogen-bond acceptors (Lipinski definition) is 4. The number of benzene rings is 1. The van der Waals surface area contributed by atoms with E-state index in [1.165, 1.54) is 0 Å². The molecule has 1 amide bonds. The summed E-state index contributed by atoms with van der Waals surface area (Å²) in [6.07, 6.45) is 0.876. The Morgan fingerprint density at radius 2 is 2.17 bits per heavy atom. The predicted octanol–water partition coefficient (Wildman–Crippen LogP) is 2.96. The molecule has 0 radical (unpaired) electrons. The molecule has 0 aromatic heterocycles. The lowest BCUT2D eigenvalue weighted by Crippen LogP contribution is -2.52. The number of carbonyl (C=O) groups excluding carboxylic acids is 1. The monoisotopic (exact) mass is 340 g/mol. The van der Waals surface area contributed by atoms with E-state index in [9.17, 15) is 4.79 Å². The molecule has 1 aromatic carbocycles. The number of rotatable bonds is 6. The molecule has 1 aromatic rings. The smallest absolute Gasteiger partial charge is 0.254 e. The summed E-state index contributed by atoms with van der Waals surface area (Å²) in [6, 6.07) is 3.56. The van der Waals surface area contributed by atoms with Gasteiger partial charge in [-0.15, -0.1) is 0 Å². The topological polar surface area (TPSA) is 50.8 Å². The Morgan fingerprint density at radius 3 is 2.83 bits per heavy atom. The lowest BCUT2D eigenvalue weighted by atomic mass is 10.1. The molecule has 5 nitrogen and oxygen atoms in total. The molecule has 128 valence electrons. The molecule has 1 saturated heterocycles. The Balaban J connectivity index is 2.29. The van der Waals surface area contributed by atoms with E-state index in [0.29, 0.717) is 41.8 Å². The van der Waals surface area contributed by atoms with Gasteiger partial charge in [-0.05, 0) is 32.4 Å². The summed E-state index contributed by atoms with van der Waals surface area (Å²) >= 11 is 6.34. The number of amides is 1. The summed E-state index contributed by atoms with van der Waals surface area (Å²) in [6.45, 7) is 9.30. The van der Waals surface area contributed by atoms with Gasteiger partial charge in [0.15, 0.2) is 11.5 Å². The number of carbonyl (C=O) groups is 1. The van der Waals surface area contributed by atoms with Crippen molar-refractivity contribution in [3.63, 3.8) is 0 Å². The molecule has 0 saturated carbocycles. The van der Waals surface area contributed by atoms with Crippen LogP contribution in [0.1, 0.15) is 37.6 Å². The molecule has 1 aliphatic heterocycles. The van der Waals surface area contributed by atoms with Crippen molar-refractivity contribution in [2.45, 2.75) is 33.2 Å². The van der Waals surface area contributed by atoms with Gasteiger partial charge in [-0.1, -0.05) is 18.5 Å². The van der Waals surface area contributed by atoms with Crippen molar-refractivity contribution in [1.82, 2.24) is 10.2 Å². The van der Waals surface area contributed by atoms with Gasteiger partial charge < -0.3 is 19.7 Å². The van der Waals surface area contributed by atoms with Crippen LogP contribution >= 0.6 is 11.6 Å². The fourth-order valence-corrected chi connectivity index (χ4v) is 2.87. The van der Waals surface area contributed by atoms with Crippen LogP contribution < -0.4 is 14.8 Å². The number of ether oxygens (including phenoxy) is 2. The van der Waals surface area contributed by atoms with E-state index in [1.807, 2.05) is 25.7 Å². The van der Waals surface area contributed by atoms with Gasteiger partial charge in [0.2, 0.25) is 0 Å². The van der Waals surface area contributed by atoms with Crippen molar-refractivity contribution in [3.05, 3.63) is 22.7 Å². The Labute approximate surface area is 142 Å². The highest BCUT2D eigenvalue weighted by Gasteiger charge is 2.26. The predicted molar refractivity (Wildman–Crippen MR) is 91.8 cm³/mol. The fraction of sp³-hybridized carbons (Fsp3) is 0.588. The van der Waals surface area contributed by atoms with Crippen molar-refractivity contribution in [2.24, 2.45) is 0 Å². The average molecular weight is 341 g/mol. The second kappa shape index (κ2) is 8.41. The van der Waals surface area contributed by atoms with Gasteiger partial charge in [0.05, 0.1) is 18.2 Å². The first-order valence-electron chi connectivity index (χ1n) is 8.19. The Bertz CT molecular complexity index is 551. The van der Waals surface area contributed by atoms with Gasteiger partial charge in [0.1, 0.15) is 0 Å². The van der Waals surface area contributed by atoms with E-state index in [2.05, 4.69) is 5.32 Å². The second-order valence-corrected chi connectivity index (χ2v) is 6.03. The molecule has 6 heteroatoms. The minimum atomic E-state index is -0.0242. The number of halogens is 1. The summed E-state index contributed by atoms with van der Waals surface area (Å²) in [5, 5.41) is 3.69. The molecular weight excluding hydrogens is 316 g/mol. The summed E-state index contributed by atoms with van der Waals surface area (Å²) in [4.78, 5) is 14.7. The molecule has 23 heavy (non-hydrogen) atoms. The van der Waals surface area contributed by atoms with E-state index in [1.54, 1.807) is 12.1 Å². The van der Waals surface area contributed by atoms with Crippen LogP contribution in [0.2, 0.25) is 5.02 Å². The maximum absolute atomic E-state index is 12.8. The number of piperazine rings is 1. The van der Waals surface area contributed by atoms with Gasteiger partial charge in [-0.25, -0.2) is 0 Å². The SMILES string of the molecule is CCCOc1c(Cl)cc(C(=O)N2CCNC[C@H]2C)cc1OCC. The third-order valence-electron chi connectivity index (χ3n) is 3.77. The minimum Gasteiger partial charge on any atom is -0.490 e. The molecule has 0 aliphatic carbocycles. The lowest BCUT2D eigenvalue weighted by molar-refractivity contribution is 0.0655. The van der Waals surface area contributed by atoms with E-state index in [4.69, 9.17) is 21.1 Å². The van der Waals surface area contributed by atoms with Crippen molar-refractivity contribution in [2.75, 3.05) is 32.8 Å². The van der Waals surface area contributed by atoms with E-state index >= 15 is 0 Å². The Morgan fingerprint density at radius 1 is 1.39 bits per heavy atom. The summed E-state index contributed by atoms with van der Waals surface area (Å²) < 4.78 is 11.3. The second-order valence-electron chi connectivity index (χ2n) is 5.62. The normalized spacial score (nSPS) is 17.9. The van der Waals surface area contributed by atoms with Gasteiger partial charge in [0, 0.05) is 31.2 Å². The van der Waals surface area contributed by atoms with E-state index in [0.717, 1.165) is 19.5 Å². The lowest BCUT2D eigenvalue weighted by Gasteiger charge is -2.34. The van der Waals surface area contributed by atoms with Crippen molar-refractivity contribution < 1.29 is 14.3 Å². The highest BCUT2D eigenvalue weighted by atomic mass is 35.5. The first-order chi connectivity index (χ1) is 11.1. The fourth-order valence-electron chi connectivity index (χ4n) is 2.61. The zero-order valence-electron chi connectivity index (χ0n) is 14.0. The number of nitrogens with one attached hydrogen (secondary N) is 1. The third kappa shape index (κ3) is 4.30. The molecule has 1 fully saturated rings. The van der Waals surface area contributed by atoms with E-state index in [-0.39, 0.29) is 11.9 Å². The molecule has 1 heterocycles. The van der Waals surface area contributed by atoms with Crippen LogP contribution in [0, 0.1) is 0 Å². The molecule has 0 bridgehead atoms. The zero-order chi connectivity index (χ0) is 16.8. The van der Waals surface area contributed by atoms with Gasteiger partial charge in [0.25, 0.3) is 5.91 Å². The molecule has 1 aliphatic rings. The van der Waals surface area contributed by atoms with Crippen molar-refractivity contribution in [1.29, 1.82) is 0 Å². The Hall–Kier alpha value is -1.46.